The molecule has 0 atom stereocenters. The van der Waals surface area contributed by atoms with Crippen LogP contribution in [0.25, 0.3) is 122 Å². The zero-order valence-electron chi connectivity index (χ0n) is 30.9. The maximum Gasteiger partial charge on any atom is 0.227 e. The molecule has 0 fully saturated rings. The molecule has 0 spiro atoms. The third-order valence-corrected chi connectivity index (χ3v) is 11.1. The largest absolute Gasteiger partial charge is 0.456 e. The van der Waals surface area contributed by atoms with Crippen molar-refractivity contribution < 1.29 is 8.83 Å². The lowest BCUT2D eigenvalue weighted by Gasteiger charge is -2.15. The molecule has 12 aromatic rings. The summed E-state index contributed by atoms with van der Waals surface area (Å²) in [7, 11) is 0. The molecule has 0 amide bonds. The summed E-state index contributed by atoms with van der Waals surface area (Å²) in [6.07, 6.45) is 0. The molecule has 3 heterocycles. The number of rotatable bonds is 5. The lowest BCUT2D eigenvalue weighted by Crippen LogP contribution is -2.01. The van der Waals surface area contributed by atoms with E-state index in [2.05, 4.69) is 109 Å². The summed E-state index contributed by atoms with van der Waals surface area (Å²) in [4.78, 5) is 20.8. The summed E-state index contributed by atoms with van der Waals surface area (Å²) in [5.41, 5.74) is 8.86. The van der Waals surface area contributed by atoms with Gasteiger partial charge in [0, 0.05) is 43.8 Å². The molecule has 6 nitrogen and oxygen atoms in total. The molecule has 58 heavy (non-hydrogen) atoms. The molecule has 0 aliphatic carbocycles. The number of hydrogen-bond donors (Lipinski definition) is 0. The van der Waals surface area contributed by atoms with Crippen LogP contribution in [0.3, 0.4) is 0 Å². The first kappa shape index (κ1) is 32.3. The first-order valence-corrected chi connectivity index (χ1v) is 19.3. The molecule has 9 aromatic carbocycles. The van der Waals surface area contributed by atoms with Crippen molar-refractivity contribution in [1.82, 2.24) is 19.9 Å². The normalized spacial score (nSPS) is 11.8. The first-order valence-electron chi connectivity index (χ1n) is 19.3. The Morgan fingerprint density at radius 2 is 0.966 bits per heavy atom. The lowest BCUT2D eigenvalue weighted by molar-refractivity contribution is 0.623. The van der Waals surface area contributed by atoms with Gasteiger partial charge < -0.3 is 8.83 Å². The summed E-state index contributed by atoms with van der Waals surface area (Å²) in [5.74, 6) is 2.29. The Labute approximate surface area is 331 Å². The number of aromatic nitrogens is 4. The molecule has 0 radical (unpaired) electrons. The zero-order valence-corrected chi connectivity index (χ0v) is 30.9. The zero-order chi connectivity index (χ0) is 38.2. The van der Waals surface area contributed by atoms with Crippen molar-refractivity contribution >= 4 is 65.4 Å². The Hall–Kier alpha value is -7.96. The summed E-state index contributed by atoms with van der Waals surface area (Å²) >= 11 is 0. The fraction of sp³-hybridized carbons (Fsp3) is 0. The van der Waals surface area contributed by atoms with E-state index in [4.69, 9.17) is 28.8 Å². The number of nitrogens with zero attached hydrogens (tertiary/aromatic N) is 4. The van der Waals surface area contributed by atoms with Gasteiger partial charge in [-0.2, -0.15) is 0 Å². The average Bonchev–Trinajstić information content (AvgIpc) is 3.91. The minimum atomic E-state index is 0.553. The first-order chi connectivity index (χ1) is 28.7. The summed E-state index contributed by atoms with van der Waals surface area (Å²) in [6.45, 7) is 0. The maximum absolute atomic E-state index is 6.67. The molecule has 0 saturated heterocycles. The van der Waals surface area contributed by atoms with Crippen LogP contribution in [0.15, 0.2) is 191 Å². The molecule has 3 aromatic heterocycles. The van der Waals surface area contributed by atoms with Crippen molar-refractivity contribution in [2.24, 2.45) is 0 Å². The van der Waals surface area contributed by atoms with Gasteiger partial charge in [-0.15, -0.1) is 0 Å². The van der Waals surface area contributed by atoms with Crippen molar-refractivity contribution in [2.75, 3.05) is 0 Å². The van der Waals surface area contributed by atoms with Gasteiger partial charge >= 0.3 is 0 Å². The Balaban J connectivity index is 1.15. The lowest BCUT2D eigenvalue weighted by atomic mass is 9.92. The number of fused-ring (bicyclic) bond motifs is 10. The van der Waals surface area contributed by atoms with E-state index in [0.717, 1.165) is 98.7 Å². The predicted molar refractivity (Wildman–Crippen MR) is 234 cm³/mol. The smallest absolute Gasteiger partial charge is 0.227 e. The molecule has 270 valence electrons. The standard InChI is InChI=1S/C52H30N4O2/c1-3-13-31(14-4-1)36-18-9-10-21-41(36)50-54-49(35-24-26-39-38-20-11-12-22-44(38)57-45(39)30-35)55-51(56-50)42-29-34-17-7-8-19-37(34)47-40(42)27-23-32-25-28-43-48(46(32)47)58-52(53-43)33-15-5-2-6-16-33/h1-30H. The van der Waals surface area contributed by atoms with Gasteiger partial charge in [-0.3, -0.25) is 0 Å². The van der Waals surface area contributed by atoms with E-state index in [9.17, 15) is 0 Å². The van der Waals surface area contributed by atoms with E-state index in [1.807, 2.05) is 72.8 Å². The van der Waals surface area contributed by atoms with E-state index < -0.39 is 0 Å². The fourth-order valence-electron chi connectivity index (χ4n) is 8.43. The second kappa shape index (κ2) is 12.8. The SMILES string of the molecule is c1ccc(-c2nc3ccc4ccc5c(-c6nc(-c7ccc8c(c7)oc7ccccc78)nc(-c7ccccc7-c7ccccc7)n6)cc6ccccc6c5c4c3o2)cc1. The molecule has 0 unspecified atom stereocenters. The highest BCUT2D eigenvalue weighted by Crippen LogP contribution is 2.43. The Morgan fingerprint density at radius 3 is 1.81 bits per heavy atom. The van der Waals surface area contributed by atoms with Crippen LogP contribution in [0, 0.1) is 0 Å². The molecule has 0 aliphatic rings. The van der Waals surface area contributed by atoms with Gasteiger partial charge in [0.25, 0.3) is 0 Å². The highest BCUT2D eigenvalue weighted by Gasteiger charge is 2.21. The molecular weight excluding hydrogens is 713 g/mol. The molecule has 0 saturated carbocycles. The number of hydrogen-bond acceptors (Lipinski definition) is 6. The third kappa shape index (κ3) is 5.12. The molecule has 12 rings (SSSR count). The van der Waals surface area contributed by atoms with Crippen molar-refractivity contribution in [3.8, 4) is 56.7 Å². The van der Waals surface area contributed by atoms with Crippen LogP contribution in [0.2, 0.25) is 0 Å². The minimum absolute atomic E-state index is 0.553. The number of oxazole rings is 1. The van der Waals surface area contributed by atoms with E-state index in [1.165, 1.54) is 0 Å². The number of para-hydroxylation sites is 1. The van der Waals surface area contributed by atoms with Crippen LogP contribution >= 0.6 is 0 Å². The minimum Gasteiger partial charge on any atom is -0.456 e. The van der Waals surface area contributed by atoms with Gasteiger partial charge in [-0.1, -0.05) is 140 Å². The van der Waals surface area contributed by atoms with Gasteiger partial charge in [0.05, 0.1) is 0 Å². The van der Waals surface area contributed by atoms with Gasteiger partial charge in [-0.05, 0) is 75.1 Å². The van der Waals surface area contributed by atoms with Crippen LogP contribution in [0.1, 0.15) is 0 Å². The van der Waals surface area contributed by atoms with Crippen LogP contribution in [0.4, 0.5) is 0 Å². The monoisotopic (exact) mass is 742 g/mol. The van der Waals surface area contributed by atoms with Crippen molar-refractivity contribution in [3.63, 3.8) is 0 Å². The maximum atomic E-state index is 6.67. The number of benzene rings is 9. The van der Waals surface area contributed by atoms with E-state index in [0.29, 0.717) is 23.4 Å². The third-order valence-electron chi connectivity index (χ3n) is 11.1. The van der Waals surface area contributed by atoms with Crippen LogP contribution in [-0.2, 0) is 0 Å². The fourth-order valence-corrected chi connectivity index (χ4v) is 8.43. The predicted octanol–water partition coefficient (Wildman–Crippen LogP) is 13.7. The number of furan rings is 1. The molecule has 0 N–H and O–H groups in total. The highest BCUT2D eigenvalue weighted by atomic mass is 16.3. The van der Waals surface area contributed by atoms with Crippen LogP contribution in [0.5, 0.6) is 0 Å². The van der Waals surface area contributed by atoms with Crippen molar-refractivity contribution in [3.05, 3.63) is 182 Å². The summed E-state index contributed by atoms with van der Waals surface area (Å²) < 4.78 is 13.0. The molecular formula is C52H30N4O2. The topological polar surface area (TPSA) is 77.8 Å². The van der Waals surface area contributed by atoms with E-state index in [1.54, 1.807) is 0 Å². The Morgan fingerprint density at radius 1 is 0.328 bits per heavy atom. The summed E-state index contributed by atoms with van der Waals surface area (Å²) in [6, 6.07) is 62.3. The van der Waals surface area contributed by atoms with Crippen LogP contribution < -0.4 is 0 Å². The van der Waals surface area contributed by atoms with E-state index in [-0.39, 0.29) is 0 Å². The van der Waals surface area contributed by atoms with Gasteiger partial charge in [0.1, 0.15) is 16.7 Å². The second-order valence-corrected chi connectivity index (χ2v) is 14.6. The van der Waals surface area contributed by atoms with Gasteiger partial charge in [-0.25, -0.2) is 19.9 Å². The van der Waals surface area contributed by atoms with Crippen LogP contribution in [-0.4, -0.2) is 19.9 Å². The quantitative estimate of drug-likeness (QED) is 0.163. The highest BCUT2D eigenvalue weighted by molar-refractivity contribution is 6.28. The Bertz CT molecular complexity index is 3570. The summed E-state index contributed by atoms with van der Waals surface area (Å²) in [5, 5.41) is 8.42. The van der Waals surface area contributed by atoms with Crippen molar-refractivity contribution in [2.45, 2.75) is 0 Å². The average molecular weight is 743 g/mol. The second-order valence-electron chi connectivity index (χ2n) is 14.6. The van der Waals surface area contributed by atoms with Gasteiger partial charge in [0.2, 0.25) is 5.89 Å². The molecule has 0 bridgehead atoms. The molecule has 6 heteroatoms. The van der Waals surface area contributed by atoms with E-state index >= 15 is 0 Å². The molecule has 0 aliphatic heterocycles. The Kier molecular flexibility index (Phi) is 7.13. The van der Waals surface area contributed by atoms with Gasteiger partial charge in [0.15, 0.2) is 23.1 Å². The van der Waals surface area contributed by atoms with Crippen molar-refractivity contribution in [1.29, 1.82) is 0 Å².